The summed E-state index contributed by atoms with van der Waals surface area (Å²) in [6, 6.07) is 19.9. The number of ether oxygens (including phenoxy) is 1. The van der Waals surface area contributed by atoms with Gasteiger partial charge in [-0.15, -0.1) is 0 Å². The minimum Gasteiger partial charge on any atom is -0.393 e. The molecule has 9 heteroatoms. The highest BCUT2D eigenvalue weighted by molar-refractivity contribution is 7.92. The van der Waals surface area contributed by atoms with Crippen LogP contribution in [0.3, 0.4) is 0 Å². The van der Waals surface area contributed by atoms with Crippen molar-refractivity contribution in [3.05, 3.63) is 77.9 Å². The van der Waals surface area contributed by atoms with Gasteiger partial charge in [-0.1, -0.05) is 57.2 Å². The summed E-state index contributed by atoms with van der Waals surface area (Å²) in [5.74, 6) is 0.291. The molecule has 3 aromatic carbocycles. The molecule has 8 nitrogen and oxygen atoms in total. The molecule has 0 bridgehead atoms. The number of fused-ring (bicyclic) bond motifs is 1. The fourth-order valence-electron chi connectivity index (χ4n) is 4.29. The molecule has 4 rings (SSSR count). The predicted octanol–water partition coefficient (Wildman–Crippen LogP) is 5.89. The Bertz CT molecular complexity index is 1580. The summed E-state index contributed by atoms with van der Waals surface area (Å²) in [7, 11) is 0.0297. The van der Waals surface area contributed by atoms with Crippen molar-refractivity contribution in [3.8, 4) is 17.0 Å². The molecule has 206 valence electrons. The second-order valence-corrected chi connectivity index (χ2v) is 12.6. The van der Waals surface area contributed by atoms with Crippen LogP contribution in [0.1, 0.15) is 31.9 Å². The molecule has 1 heterocycles. The summed E-state index contributed by atoms with van der Waals surface area (Å²) in [4.78, 5) is 17.9. The molecular weight excluding hydrogens is 512 g/mol. The lowest BCUT2D eigenvalue weighted by Crippen LogP contribution is -2.33. The summed E-state index contributed by atoms with van der Waals surface area (Å²) in [6.45, 7) is 9.33. The van der Waals surface area contributed by atoms with Crippen molar-refractivity contribution in [1.29, 1.82) is 0 Å². The zero-order chi connectivity index (χ0) is 28.4. The van der Waals surface area contributed by atoms with E-state index in [0.717, 1.165) is 22.1 Å². The van der Waals surface area contributed by atoms with Crippen LogP contribution in [0, 0.1) is 6.92 Å². The maximum absolute atomic E-state index is 13.2. The zero-order valence-corrected chi connectivity index (χ0v) is 24.1. The fourth-order valence-corrected chi connectivity index (χ4v) is 5.34. The van der Waals surface area contributed by atoms with Gasteiger partial charge in [-0.25, -0.2) is 13.2 Å². The highest BCUT2D eigenvalue weighted by Crippen LogP contribution is 2.40. The number of H-pyrrole nitrogens is 1. The first kappa shape index (κ1) is 28.2. The summed E-state index contributed by atoms with van der Waals surface area (Å²) in [5, 5.41) is 3.48. The first-order chi connectivity index (χ1) is 18.3. The van der Waals surface area contributed by atoms with E-state index in [2.05, 4.69) is 35.8 Å². The third kappa shape index (κ3) is 6.61. The van der Waals surface area contributed by atoms with E-state index in [1.54, 1.807) is 30.3 Å². The summed E-state index contributed by atoms with van der Waals surface area (Å²) in [5.41, 5.74) is 4.63. The Morgan fingerprint density at radius 3 is 2.33 bits per heavy atom. The molecule has 4 aromatic rings. The molecular formula is C30H36N4O4S. The topological polar surface area (TPSA) is 104 Å². The molecule has 0 aliphatic rings. The SMILES string of the molecule is Cc1ccccc1-c1c(OC(=O)NCCN(C)C)[nH]c2ccc(NS(=O)(=O)c3ccc(C(C)(C)C)cc3)cc12. The summed E-state index contributed by atoms with van der Waals surface area (Å²) < 4.78 is 34.8. The molecule has 0 saturated carbocycles. The Hall–Kier alpha value is -3.82. The second-order valence-electron chi connectivity index (χ2n) is 10.9. The van der Waals surface area contributed by atoms with Crippen molar-refractivity contribution < 1.29 is 17.9 Å². The van der Waals surface area contributed by atoms with Crippen molar-refractivity contribution in [2.24, 2.45) is 0 Å². The van der Waals surface area contributed by atoms with Crippen LogP contribution in [0.2, 0.25) is 0 Å². The monoisotopic (exact) mass is 548 g/mol. The lowest BCUT2D eigenvalue weighted by atomic mass is 9.87. The number of nitrogens with one attached hydrogen (secondary N) is 3. The van der Waals surface area contributed by atoms with Gasteiger partial charge in [0.1, 0.15) is 0 Å². The lowest BCUT2D eigenvalue weighted by molar-refractivity contribution is 0.198. The minimum absolute atomic E-state index is 0.0793. The number of hydrogen-bond donors (Lipinski definition) is 3. The fraction of sp³-hybridized carbons (Fsp3) is 0.300. The smallest absolute Gasteiger partial charge is 0.393 e. The van der Waals surface area contributed by atoms with E-state index in [4.69, 9.17) is 4.74 Å². The van der Waals surface area contributed by atoms with Crippen molar-refractivity contribution in [1.82, 2.24) is 15.2 Å². The highest BCUT2D eigenvalue weighted by Gasteiger charge is 2.21. The maximum atomic E-state index is 13.2. The van der Waals surface area contributed by atoms with Gasteiger partial charge in [0.25, 0.3) is 10.0 Å². The van der Waals surface area contributed by atoms with E-state index in [0.29, 0.717) is 35.7 Å². The number of anilines is 1. The molecule has 0 aliphatic heterocycles. The number of carbonyl (C=O) groups excluding carboxylic acids is 1. The van der Waals surface area contributed by atoms with Crippen LogP contribution in [-0.2, 0) is 15.4 Å². The Balaban J connectivity index is 1.69. The van der Waals surface area contributed by atoms with Gasteiger partial charge >= 0.3 is 6.09 Å². The second kappa shape index (κ2) is 11.1. The van der Waals surface area contributed by atoms with E-state index in [1.165, 1.54) is 0 Å². The first-order valence-electron chi connectivity index (χ1n) is 12.8. The van der Waals surface area contributed by atoms with Crippen molar-refractivity contribution >= 4 is 32.7 Å². The van der Waals surface area contributed by atoms with Crippen LogP contribution in [-0.4, -0.2) is 51.6 Å². The van der Waals surface area contributed by atoms with Gasteiger partial charge in [-0.2, -0.15) is 0 Å². The first-order valence-corrected chi connectivity index (χ1v) is 14.3. The van der Waals surface area contributed by atoms with Gasteiger partial charge < -0.3 is 19.9 Å². The number of amides is 1. The molecule has 0 atom stereocenters. The van der Waals surface area contributed by atoms with Gasteiger partial charge in [0, 0.05) is 29.7 Å². The highest BCUT2D eigenvalue weighted by atomic mass is 32.2. The molecule has 0 saturated heterocycles. The van der Waals surface area contributed by atoms with Crippen LogP contribution in [0.25, 0.3) is 22.0 Å². The lowest BCUT2D eigenvalue weighted by Gasteiger charge is -2.19. The van der Waals surface area contributed by atoms with E-state index in [1.807, 2.05) is 62.3 Å². The number of nitrogens with zero attached hydrogens (tertiary/aromatic N) is 1. The van der Waals surface area contributed by atoms with E-state index < -0.39 is 16.1 Å². The van der Waals surface area contributed by atoms with Crippen molar-refractivity contribution in [2.75, 3.05) is 31.9 Å². The Morgan fingerprint density at radius 2 is 1.69 bits per heavy atom. The van der Waals surface area contributed by atoms with E-state index >= 15 is 0 Å². The van der Waals surface area contributed by atoms with Gasteiger partial charge in [-0.05, 0) is 73.5 Å². The van der Waals surface area contributed by atoms with Crippen LogP contribution >= 0.6 is 0 Å². The van der Waals surface area contributed by atoms with Crippen molar-refractivity contribution in [2.45, 2.75) is 38.0 Å². The number of aromatic amines is 1. The number of hydrogen-bond acceptors (Lipinski definition) is 5. The number of sulfonamides is 1. The quantitative estimate of drug-likeness (QED) is 0.255. The van der Waals surface area contributed by atoms with Gasteiger partial charge in [0.2, 0.25) is 5.88 Å². The largest absolute Gasteiger partial charge is 0.413 e. The molecule has 3 N–H and O–H groups in total. The molecule has 1 aromatic heterocycles. The van der Waals surface area contributed by atoms with E-state index in [-0.39, 0.29) is 10.3 Å². The molecule has 39 heavy (non-hydrogen) atoms. The van der Waals surface area contributed by atoms with Gasteiger partial charge in [0.15, 0.2) is 0 Å². The summed E-state index contributed by atoms with van der Waals surface area (Å²) >= 11 is 0. The normalized spacial score (nSPS) is 12.1. The van der Waals surface area contributed by atoms with Crippen LogP contribution in [0.4, 0.5) is 10.5 Å². The molecule has 0 aliphatic carbocycles. The maximum Gasteiger partial charge on any atom is 0.413 e. The van der Waals surface area contributed by atoms with Gasteiger partial charge in [0.05, 0.1) is 10.5 Å². The van der Waals surface area contributed by atoms with Gasteiger partial charge in [-0.3, -0.25) is 4.72 Å². The molecule has 0 radical (unpaired) electrons. The Morgan fingerprint density at radius 1 is 1.00 bits per heavy atom. The molecule has 1 amide bonds. The average molecular weight is 549 g/mol. The third-order valence-corrected chi connectivity index (χ3v) is 7.88. The number of carbonyl (C=O) groups is 1. The summed E-state index contributed by atoms with van der Waals surface area (Å²) in [6.07, 6.45) is -0.571. The number of aryl methyl sites for hydroxylation is 1. The molecule has 0 unspecified atom stereocenters. The predicted molar refractivity (Wildman–Crippen MR) is 157 cm³/mol. The standard InChI is InChI=1S/C30H36N4O4S/c1-20-9-7-8-10-24(20)27-25-19-22(33-39(36,37)23-14-11-21(12-15-23)30(2,3)4)13-16-26(25)32-28(27)38-29(35)31-17-18-34(5)6/h7-16,19,32-33H,17-18H2,1-6H3,(H,31,35). The zero-order valence-electron chi connectivity index (χ0n) is 23.3. The number of benzene rings is 3. The number of likely N-dealkylation sites (N-methyl/N-ethyl adjacent to an activating group) is 1. The van der Waals surface area contributed by atoms with Crippen LogP contribution < -0.4 is 14.8 Å². The van der Waals surface area contributed by atoms with Crippen molar-refractivity contribution in [3.63, 3.8) is 0 Å². The number of rotatable bonds is 8. The average Bonchev–Trinajstić information content (AvgIpc) is 3.20. The Kier molecular flexibility index (Phi) is 8.04. The van der Waals surface area contributed by atoms with E-state index in [9.17, 15) is 13.2 Å². The molecule has 0 fully saturated rings. The Labute approximate surface area is 230 Å². The molecule has 0 spiro atoms. The van der Waals surface area contributed by atoms with Crippen LogP contribution in [0.15, 0.2) is 71.6 Å². The minimum atomic E-state index is -3.82. The number of aromatic nitrogens is 1. The van der Waals surface area contributed by atoms with Crippen LogP contribution in [0.5, 0.6) is 5.88 Å². The third-order valence-electron chi connectivity index (χ3n) is 6.48.